The maximum absolute atomic E-state index is 11.2. The number of carbonyl (C=O) groups is 1. The normalized spacial score (nSPS) is 9.14. The number of para-hydroxylation sites is 1. The summed E-state index contributed by atoms with van der Waals surface area (Å²) < 4.78 is 0. The molecule has 0 atom stereocenters. The first-order chi connectivity index (χ1) is 6.77. The van der Waals surface area contributed by atoms with Gasteiger partial charge in [-0.15, -0.1) is 0 Å². The van der Waals surface area contributed by atoms with E-state index in [0.29, 0.717) is 17.8 Å². The van der Waals surface area contributed by atoms with Gasteiger partial charge in [-0.2, -0.15) is 5.26 Å². The highest BCUT2D eigenvalue weighted by Crippen LogP contribution is 2.13. The molecule has 1 rings (SSSR count). The molecule has 0 bridgehead atoms. The van der Waals surface area contributed by atoms with Gasteiger partial charge in [0.15, 0.2) is 0 Å². The van der Waals surface area contributed by atoms with Gasteiger partial charge in [-0.25, -0.2) is 0 Å². The fourth-order valence-corrected chi connectivity index (χ4v) is 1.03. The van der Waals surface area contributed by atoms with Gasteiger partial charge in [0.25, 0.3) is 0 Å². The van der Waals surface area contributed by atoms with Crippen molar-refractivity contribution in [1.29, 1.82) is 5.26 Å². The number of benzene rings is 1. The molecule has 0 radical (unpaired) electrons. The third kappa shape index (κ3) is 2.57. The summed E-state index contributed by atoms with van der Waals surface area (Å²) in [5.74, 6) is -0.171. The van der Waals surface area contributed by atoms with E-state index in [-0.39, 0.29) is 12.3 Å². The minimum Gasteiger partial charge on any atom is -0.330 e. The largest absolute Gasteiger partial charge is 0.330 e. The van der Waals surface area contributed by atoms with Gasteiger partial charge in [0.1, 0.15) is 6.07 Å². The molecular weight excluding hydrogens is 178 g/mol. The van der Waals surface area contributed by atoms with Crippen molar-refractivity contribution < 1.29 is 4.79 Å². The zero-order valence-electron chi connectivity index (χ0n) is 7.66. The van der Waals surface area contributed by atoms with Crippen molar-refractivity contribution in [2.75, 3.05) is 11.9 Å². The van der Waals surface area contributed by atoms with E-state index >= 15 is 0 Å². The number of nitrogens with two attached hydrogens (primary N) is 1. The van der Waals surface area contributed by atoms with Gasteiger partial charge in [-0.05, 0) is 12.1 Å². The van der Waals surface area contributed by atoms with E-state index in [1.807, 2.05) is 6.07 Å². The number of nitriles is 1. The Morgan fingerprint density at radius 2 is 2.21 bits per heavy atom. The highest BCUT2D eigenvalue weighted by atomic mass is 16.1. The summed E-state index contributed by atoms with van der Waals surface area (Å²) in [5.41, 5.74) is 6.22. The van der Waals surface area contributed by atoms with Crippen molar-refractivity contribution in [3.63, 3.8) is 0 Å². The predicted molar refractivity (Wildman–Crippen MR) is 53.5 cm³/mol. The molecule has 1 aromatic rings. The molecule has 14 heavy (non-hydrogen) atoms. The minimum atomic E-state index is -0.171. The smallest absolute Gasteiger partial charge is 0.225 e. The Hall–Kier alpha value is -1.86. The molecule has 4 nitrogen and oxygen atoms in total. The van der Waals surface area contributed by atoms with E-state index in [1.54, 1.807) is 24.3 Å². The van der Waals surface area contributed by atoms with Crippen molar-refractivity contribution in [3.05, 3.63) is 29.8 Å². The van der Waals surface area contributed by atoms with Gasteiger partial charge in [0.2, 0.25) is 5.91 Å². The maximum atomic E-state index is 11.2. The van der Waals surface area contributed by atoms with Crippen LogP contribution in [0.5, 0.6) is 0 Å². The van der Waals surface area contributed by atoms with Crippen molar-refractivity contribution in [2.45, 2.75) is 6.42 Å². The Balaban J connectivity index is 2.77. The summed E-state index contributed by atoms with van der Waals surface area (Å²) in [6.07, 6.45) is 0.264. The number of hydrogen-bond donors (Lipinski definition) is 2. The average Bonchev–Trinajstić information content (AvgIpc) is 2.19. The Kier molecular flexibility index (Phi) is 3.65. The first kappa shape index (κ1) is 10.2. The summed E-state index contributed by atoms with van der Waals surface area (Å²) in [5, 5.41) is 11.4. The molecule has 0 saturated heterocycles. The summed E-state index contributed by atoms with van der Waals surface area (Å²) in [7, 11) is 0. The van der Waals surface area contributed by atoms with Crippen LogP contribution >= 0.6 is 0 Å². The van der Waals surface area contributed by atoms with E-state index in [4.69, 9.17) is 11.0 Å². The van der Waals surface area contributed by atoms with E-state index < -0.39 is 0 Å². The molecule has 72 valence electrons. The lowest BCUT2D eigenvalue weighted by molar-refractivity contribution is -0.116. The van der Waals surface area contributed by atoms with Gasteiger partial charge in [0.05, 0.1) is 11.3 Å². The highest BCUT2D eigenvalue weighted by Gasteiger charge is 2.04. The van der Waals surface area contributed by atoms with Crippen molar-refractivity contribution in [2.24, 2.45) is 5.73 Å². The zero-order chi connectivity index (χ0) is 10.4. The molecule has 0 unspecified atom stereocenters. The van der Waals surface area contributed by atoms with Crippen molar-refractivity contribution in [1.82, 2.24) is 0 Å². The molecule has 1 aromatic carbocycles. The van der Waals surface area contributed by atoms with Gasteiger partial charge < -0.3 is 11.1 Å². The van der Waals surface area contributed by atoms with Crippen LogP contribution in [0.2, 0.25) is 0 Å². The van der Waals surface area contributed by atoms with Gasteiger partial charge in [-0.1, -0.05) is 12.1 Å². The second-order valence-corrected chi connectivity index (χ2v) is 2.74. The second kappa shape index (κ2) is 5.00. The Bertz CT molecular complexity index is 368. The molecule has 0 aliphatic heterocycles. The first-order valence-electron chi connectivity index (χ1n) is 4.27. The molecule has 0 fully saturated rings. The molecular formula is C10H11N3O. The summed E-state index contributed by atoms with van der Waals surface area (Å²) >= 11 is 0. The van der Waals surface area contributed by atoms with Crippen LogP contribution in [0, 0.1) is 11.3 Å². The number of rotatable bonds is 3. The van der Waals surface area contributed by atoms with Crippen LogP contribution < -0.4 is 11.1 Å². The summed E-state index contributed by atoms with van der Waals surface area (Å²) in [6.45, 7) is 0.306. The fourth-order valence-electron chi connectivity index (χ4n) is 1.03. The monoisotopic (exact) mass is 189 g/mol. The van der Waals surface area contributed by atoms with Gasteiger partial charge >= 0.3 is 0 Å². The van der Waals surface area contributed by atoms with Crippen LogP contribution in [0.15, 0.2) is 24.3 Å². The number of nitrogens with one attached hydrogen (secondary N) is 1. The van der Waals surface area contributed by atoms with Crippen LogP contribution in [-0.4, -0.2) is 12.5 Å². The molecule has 0 aliphatic carbocycles. The van der Waals surface area contributed by atoms with Crippen LogP contribution in [0.25, 0.3) is 0 Å². The predicted octanol–water partition coefficient (Wildman–Crippen LogP) is 0.846. The number of nitrogens with zero attached hydrogens (tertiary/aromatic N) is 1. The standard InChI is InChI=1S/C10H11N3O/c11-6-5-10(14)13-9-4-2-1-3-8(9)7-12/h1-4H,5-6,11H2,(H,13,14). The maximum Gasteiger partial charge on any atom is 0.225 e. The Morgan fingerprint density at radius 3 is 2.86 bits per heavy atom. The number of amides is 1. The van der Waals surface area contributed by atoms with E-state index in [2.05, 4.69) is 5.32 Å². The number of anilines is 1. The minimum absolute atomic E-state index is 0.171. The molecule has 0 saturated carbocycles. The first-order valence-corrected chi connectivity index (χ1v) is 4.27. The van der Waals surface area contributed by atoms with E-state index in [0.717, 1.165) is 0 Å². The van der Waals surface area contributed by atoms with Gasteiger partial charge in [0, 0.05) is 13.0 Å². The number of carbonyl (C=O) groups excluding carboxylic acids is 1. The van der Waals surface area contributed by atoms with Crippen LogP contribution in [0.1, 0.15) is 12.0 Å². The molecule has 1 amide bonds. The van der Waals surface area contributed by atoms with Crippen molar-refractivity contribution in [3.8, 4) is 6.07 Å². The molecule has 0 heterocycles. The van der Waals surface area contributed by atoms with Crippen molar-refractivity contribution >= 4 is 11.6 Å². The van der Waals surface area contributed by atoms with E-state index in [9.17, 15) is 4.79 Å². The Labute approximate surface area is 82.3 Å². The SMILES string of the molecule is N#Cc1ccccc1NC(=O)CCN. The molecule has 0 spiro atoms. The number of hydrogen-bond acceptors (Lipinski definition) is 3. The fraction of sp³-hybridized carbons (Fsp3) is 0.200. The lowest BCUT2D eigenvalue weighted by atomic mass is 10.2. The van der Waals surface area contributed by atoms with Crippen LogP contribution in [0.3, 0.4) is 0 Å². The quantitative estimate of drug-likeness (QED) is 0.739. The Morgan fingerprint density at radius 1 is 1.50 bits per heavy atom. The summed E-state index contributed by atoms with van der Waals surface area (Å²) in [6, 6.07) is 8.85. The van der Waals surface area contributed by atoms with Gasteiger partial charge in [-0.3, -0.25) is 4.79 Å². The second-order valence-electron chi connectivity index (χ2n) is 2.74. The third-order valence-electron chi connectivity index (χ3n) is 1.69. The summed E-state index contributed by atoms with van der Waals surface area (Å²) in [4.78, 5) is 11.2. The van der Waals surface area contributed by atoms with Crippen LogP contribution in [0.4, 0.5) is 5.69 Å². The van der Waals surface area contributed by atoms with Crippen LogP contribution in [-0.2, 0) is 4.79 Å². The zero-order valence-corrected chi connectivity index (χ0v) is 7.66. The third-order valence-corrected chi connectivity index (χ3v) is 1.69. The lowest BCUT2D eigenvalue weighted by Gasteiger charge is -2.05. The topological polar surface area (TPSA) is 78.9 Å². The molecule has 3 N–H and O–H groups in total. The lowest BCUT2D eigenvalue weighted by Crippen LogP contribution is -2.16. The highest BCUT2D eigenvalue weighted by molar-refractivity contribution is 5.92. The molecule has 4 heteroatoms. The van der Waals surface area contributed by atoms with E-state index in [1.165, 1.54) is 0 Å². The molecule has 0 aromatic heterocycles. The average molecular weight is 189 g/mol. The molecule has 0 aliphatic rings.